The van der Waals surface area contributed by atoms with Crippen LogP contribution in [0.25, 0.3) is 22.6 Å². The molecule has 0 unspecified atom stereocenters. The first-order chi connectivity index (χ1) is 11.6. The predicted octanol–water partition coefficient (Wildman–Crippen LogP) is 5.00. The van der Waals surface area contributed by atoms with E-state index in [2.05, 4.69) is 0 Å². The lowest BCUT2D eigenvalue weighted by molar-refractivity contribution is 0.407. The molecule has 0 amide bonds. The summed E-state index contributed by atoms with van der Waals surface area (Å²) in [4.78, 5) is 0. The standard InChI is InChI=1S/C20H18O4/c1-13(10-15-5-8-16(22-2)11-18(15)21)19-9-6-14-4-7-17(23-3)12-20(14)24-19/h4-12H,1-3H3/p+1/b13-10-. The lowest BCUT2D eigenvalue weighted by atomic mass is 10.1. The molecule has 122 valence electrons. The van der Waals surface area contributed by atoms with E-state index in [9.17, 15) is 5.11 Å². The molecule has 0 fully saturated rings. The van der Waals surface area contributed by atoms with E-state index < -0.39 is 0 Å². The van der Waals surface area contributed by atoms with Gasteiger partial charge in [0.25, 0.3) is 0 Å². The number of benzene rings is 2. The normalized spacial score (nSPS) is 11.5. The molecule has 24 heavy (non-hydrogen) atoms. The van der Waals surface area contributed by atoms with Gasteiger partial charge in [-0.2, -0.15) is 0 Å². The number of allylic oxidation sites excluding steroid dienone is 1. The number of methoxy groups -OCH3 is 2. The Balaban J connectivity index is 1.99. The molecule has 0 aliphatic rings. The summed E-state index contributed by atoms with van der Waals surface area (Å²) in [5, 5.41) is 11.1. The van der Waals surface area contributed by atoms with E-state index in [1.165, 1.54) is 0 Å². The Kier molecular flexibility index (Phi) is 4.38. The van der Waals surface area contributed by atoms with Gasteiger partial charge in [0, 0.05) is 17.7 Å². The third-order valence-corrected chi connectivity index (χ3v) is 3.85. The van der Waals surface area contributed by atoms with Crippen molar-refractivity contribution < 1.29 is 19.0 Å². The molecule has 4 nitrogen and oxygen atoms in total. The number of phenols is 1. The average Bonchev–Trinajstić information content (AvgIpc) is 2.62. The van der Waals surface area contributed by atoms with Crippen LogP contribution in [0.15, 0.2) is 52.9 Å². The molecule has 0 aliphatic carbocycles. The summed E-state index contributed by atoms with van der Waals surface area (Å²) < 4.78 is 16.3. The monoisotopic (exact) mass is 323 g/mol. The van der Waals surface area contributed by atoms with Crippen LogP contribution in [0, 0.1) is 0 Å². The average molecular weight is 323 g/mol. The van der Waals surface area contributed by atoms with Crippen LogP contribution < -0.4 is 9.47 Å². The minimum absolute atomic E-state index is 0.163. The Morgan fingerprint density at radius 2 is 1.62 bits per heavy atom. The zero-order valence-corrected chi connectivity index (χ0v) is 13.9. The van der Waals surface area contributed by atoms with Gasteiger partial charge in [0.1, 0.15) is 17.2 Å². The Bertz CT molecular complexity index is 913. The third kappa shape index (κ3) is 3.18. The maximum Gasteiger partial charge on any atom is 0.364 e. The molecule has 0 radical (unpaired) electrons. The van der Waals surface area contributed by atoms with E-state index in [1.54, 1.807) is 26.4 Å². The van der Waals surface area contributed by atoms with Crippen molar-refractivity contribution in [3.8, 4) is 17.2 Å². The van der Waals surface area contributed by atoms with Crippen LogP contribution >= 0.6 is 0 Å². The van der Waals surface area contributed by atoms with E-state index in [0.717, 1.165) is 28.1 Å². The second-order valence-electron chi connectivity index (χ2n) is 5.46. The molecular formula is C20H19O4+. The van der Waals surface area contributed by atoms with Gasteiger partial charge < -0.3 is 14.6 Å². The summed E-state index contributed by atoms with van der Waals surface area (Å²) in [5.74, 6) is 2.25. The second kappa shape index (κ2) is 6.62. The van der Waals surface area contributed by atoms with E-state index in [-0.39, 0.29) is 5.75 Å². The molecule has 2 aromatic carbocycles. The van der Waals surface area contributed by atoms with Gasteiger partial charge in [0.15, 0.2) is 0 Å². The third-order valence-electron chi connectivity index (χ3n) is 3.85. The molecule has 3 rings (SSSR count). The summed E-state index contributed by atoms with van der Waals surface area (Å²) in [7, 11) is 3.19. The predicted molar refractivity (Wildman–Crippen MR) is 95.4 cm³/mol. The SMILES string of the molecule is COc1ccc(/C=C(/C)c2ccc3ccc(OC)cc3[o+]2)c(O)c1. The van der Waals surface area contributed by atoms with Crippen molar-refractivity contribution in [1.82, 2.24) is 0 Å². The van der Waals surface area contributed by atoms with Gasteiger partial charge in [-0.25, -0.2) is 4.42 Å². The van der Waals surface area contributed by atoms with Crippen LogP contribution in [0.3, 0.4) is 0 Å². The Hall–Kier alpha value is -3.01. The number of rotatable bonds is 4. The smallest absolute Gasteiger partial charge is 0.364 e. The molecule has 0 saturated heterocycles. The number of ether oxygens (including phenoxy) is 2. The maximum atomic E-state index is 10.1. The molecule has 1 N–H and O–H groups in total. The van der Waals surface area contributed by atoms with Gasteiger partial charge in [-0.15, -0.1) is 0 Å². The zero-order valence-electron chi connectivity index (χ0n) is 13.9. The van der Waals surface area contributed by atoms with Crippen LogP contribution in [-0.2, 0) is 0 Å². The minimum atomic E-state index is 0.163. The van der Waals surface area contributed by atoms with Gasteiger partial charge in [-0.3, -0.25) is 0 Å². The lowest BCUT2D eigenvalue weighted by Crippen LogP contribution is -1.86. The van der Waals surface area contributed by atoms with Crippen LogP contribution in [0.2, 0.25) is 0 Å². The van der Waals surface area contributed by atoms with Gasteiger partial charge in [-0.1, -0.05) is 0 Å². The van der Waals surface area contributed by atoms with Gasteiger partial charge in [-0.05, 0) is 43.3 Å². The number of hydrogen-bond donors (Lipinski definition) is 1. The summed E-state index contributed by atoms with van der Waals surface area (Å²) >= 11 is 0. The molecule has 0 spiro atoms. The topological polar surface area (TPSA) is 50.0 Å². The molecule has 3 aromatic rings. The van der Waals surface area contributed by atoms with Crippen molar-refractivity contribution in [2.45, 2.75) is 6.92 Å². The van der Waals surface area contributed by atoms with Crippen molar-refractivity contribution >= 4 is 22.6 Å². The van der Waals surface area contributed by atoms with E-state index >= 15 is 0 Å². The fourth-order valence-corrected chi connectivity index (χ4v) is 2.47. The fourth-order valence-electron chi connectivity index (χ4n) is 2.47. The highest BCUT2D eigenvalue weighted by atomic mass is 16.5. The molecule has 0 bridgehead atoms. The highest BCUT2D eigenvalue weighted by Gasteiger charge is 2.15. The lowest BCUT2D eigenvalue weighted by Gasteiger charge is -2.03. The van der Waals surface area contributed by atoms with E-state index in [1.807, 2.05) is 49.4 Å². The first kappa shape index (κ1) is 15.9. The Labute approximate surface area is 140 Å². The Morgan fingerprint density at radius 3 is 2.33 bits per heavy atom. The molecular weight excluding hydrogens is 304 g/mol. The molecule has 0 aliphatic heterocycles. The van der Waals surface area contributed by atoms with Crippen LogP contribution in [0.1, 0.15) is 18.2 Å². The fraction of sp³-hybridized carbons (Fsp3) is 0.150. The van der Waals surface area contributed by atoms with Crippen LogP contribution in [0.4, 0.5) is 0 Å². The van der Waals surface area contributed by atoms with Crippen LogP contribution in [-0.4, -0.2) is 19.3 Å². The molecule has 0 atom stereocenters. The number of hydrogen-bond acceptors (Lipinski definition) is 3. The summed E-state index contributed by atoms with van der Waals surface area (Å²) in [6, 6.07) is 14.8. The summed E-state index contributed by atoms with van der Waals surface area (Å²) in [6.07, 6.45) is 1.87. The van der Waals surface area contributed by atoms with Crippen molar-refractivity contribution in [3.63, 3.8) is 0 Å². The quantitative estimate of drug-likeness (QED) is 0.687. The minimum Gasteiger partial charge on any atom is -0.507 e. The molecule has 1 aromatic heterocycles. The van der Waals surface area contributed by atoms with Crippen molar-refractivity contribution in [2.24, 2.45) is 0 Å². The van der Waals surface area contributed by atoms with Gasteiger partial charge in [0.2, 0.25) is 0 Å². The Morgan fingerprint density at radius 1 is 0.958 bits per heavy atom. The molecule has 0 saturated carbocycles. The molecule has 1 heterocycles. The highest BCUT2D eigenvalue weighted by Crippen LogP contribution is 2.29. The zero-order chi connectivity index (χ0) is 17.1. The largest absolute Gasteiger partial charge is 0.507 e. The van der Waals surface area contributed by atoms with Gasteiger partial charge >= 0.3 is 11.3 Å². The van der Waals surface area contributed by atoms with E-state index in [0.29, 0.717) is 11.3 Å². The van der Waals surface area contributed by atoms with Crippen molar-refractivity contribution in [2.75, 3.05) is 14.2 Å². The summed E-state index contributed by atoms with van der Waals surface area (Å²) in [6.45, 7) is 1.94. The number of phenolic OH excluding ortho intramolecular Hbond substituents is 1. The summed E-state index contributed by atoms with van der Waals surface area (Å²) in [5.41, 5.74) is 2.35. The maximum absolute atomic E-state index is 10.1. The first-order valence-corrected chi connectivity index (χ1v) is 7.57. The number of fused-ring (bicyclic) bond motifs is 1. The van der Waals surface area contributed by atoms with Crippen molar-refractivity contribution in [3.05, 3.63) is 59.9 Å². The molecule has 4 heteroatoms. The van der Waals surface area contributed by atoms with E-state index in [4.69, 9.17) is 13.9 Å². The van der Waals surface area contributed by atoms with Crippen LogP contribution in [0.5, 0.6) is 17.2 Å². The first-order valence-electron chi connectivity index (χ1n) is 7.57. The second-order valence-corrected chi connectivity index (χ2v) is 5.46. The van der Waals surface area contributed by atoms with Crippen molar-refractivity contribution in [1.29, 1.82) is 0 Å². The van der Waals surface area contributed by atoms with Gasteiger partial charge in [0.05, 0.1) is 31.2 Å². The number of aromatic hydroxyl groups is 1. The highest BCUT2D eigenvalue weighted by molar-refractivity contribution is 5.84.